The molecule has 7 heteroatoms. The first-order chi connectivity index (χ1) is 9.55. The summed E-state index contributed by atoms with van der Waals surface area (Å²) in [7, 11) is 1.49. The van der Waals surface area contributed by atoms with E-state index in [1.807, 2.05) is 13.8 Å². The van der Waals surface area contributed by atoms with Crippen LogP contribution in [0.25, 0.3) is 0 Å². The molecule has 2 N–H and O–H groups in total. The van der Waals surface area contributed by atoms with Crippen molar-refractivity contribution in [1.29, 1.82) is 0 Å². The summed E-state index contributed by atoms with van der Waals surface area (Å²) in [6.45, 7) is 4.70. The fraction of sp³-hybridized carbons (Fsp3) is 0.538. The minimum Gasteiger partial charge on any atom is -0.370 e. The lowest BCUT2D eigenvalue weighted by Crippen LogP contribution is -2.32. The normalized spacial score (nSPS) is 18.6. The van der Waals surface area contributed by atoms with E-state index in [2.05, 4.69) is 20.6 Å². The fourth-order valence-electron chi connectivity index (χ4n) is 2.05. The van der Waals surface area contributed by atoms with E-state index >= 15 is 0 Å². The highest BCUT2D eigenvalue weighted by Crippen LogP contribution is 2.18. The molecular weight excluding hydrogens is 258 g/mol. The minimum absolute atomic E-state index is 0.164. The van der Waals surface area contributed by atoms with Crippen LogP contribution in [0.15, 0.2) is 6.07 Å². The predicted molar refractivity (Wildman–Crippen MR) is 75.4 cm³/mol. The molecule has 1 saturated heterocycles. The Morgan fingerprint density at radius 3 is 2.55 bits per heavy atom. The number of hydrogen-bond acceptors (Lipinski definition) is 6. The van der Waals surface area contributed by atoms with Crippen LogP contribution in [0.5, 0.6) is 0 Å². The zero-order valence-corrected chi connectivity index (χ0v) is 11.9. The number of likely N-dealkylation sites (tertiary alicyclic amines) is 1. The zero-order chi connectivity index (χ0) is 14.7. The van der Waals surface area contributed by atoms with Crippen LogP contribution in [0.2, 0.25) is 0 Å². The smallest absolute Gasteiger partial charge is 0.251 e. The molecule has 0 radical (unpaired) electrons. The third-order valence-corrected chi connectivity index (χ3v) is 3.15. The Labute approximate surface area is 117 Å². The van der Waals surface area contributed by atoms with E-state index in [1.54, 1.807) is 6.07 Å². The molecule has 7 nitrogen and oxygen atoms in total. The highest BCUT2D eigenvalue weighted by Gasteiger charge is 2.36. The van der Waals surface area contributed by atoms with E-state index in [1.165, 1.54) is 7.05 Å². The number of anilines is 2. The van der Waals surface area contributed by atoms with E-state index in [0.717, 1.165) is 11.4 Å². The van der Waals surface area contributed by atoms with Crippen LogP contribution in [0.4, 0.5) is 11.6 Å². The van der Waals surface area contributed by atoms with Crippen molar-refractivity contribution in [3.63, 3.8) is 0 Å². The van der Waals surface area contributed by atoms with Gasteiger partial charge in [0.1, 0.15) is 23.5 Å². The van der Waals surface area contributed by atoms with Gasteiger partial charge in [-0.05, 0) is 6.92 Å². The number of carbonyl (C=O) groups excluding carboxylic acids is 2. The molecule has 1 aliphatic heterocycles. The Hall–Kier alpha value is -2.18. The zero-order valence-electron chi connectivity index (χ0n) is 11.9. The molecule has 1 aromatic heterocycles. The van der Waals surface area contributed by atoms with Gasteiger partial charge in [0.2, 0.25) is 5.91 Å². The first-order valence-electron chi connectivity index (χ1n) is 6.73. The summed E-state index contributed by atoms with van der Waals surface area (Å²) < 4.78 is 0. The van der Waals surface area contributed by atoms with Crippen molar-refractivity contribution in [2.45, 2.75) is 32.7 Å². The van der Waals surface area contributed by atoms with Gasteiger partial charge in [0.05, 0.1) is 6.42 Å². The van der Waals surface area contributed by atoms with Gasteiger partial charge in [-0.15, -0.1) is 0 Å². The highest BCUT2D eigenvalue weighted by atomic mass is 16.2. The van der Waals surface area contributed by atoms with Crippen molar-refractivity contribution >= 4 is 23.5 Å². The molecule has 108 valence electrons. The quantitative estimate of drug-likeness (QED) is 0.768. The van der Waals surface area contributed by atoms with Gasteiger partial charge >= 0.3 is 0 Å². The van der Waals surface area contributed by atoms with Crippen LogP contribution in [-0.2, 0) is 16.0 Å². The summed E-state index contributed by atoms with van der Waals surface area (Å²) in [4.78, 5) is 33.2. The van der Waals surface area contributed by atoms with Crippen molar-refractivity contribution in [3.8, 4) is 0 Å². The van der Waals surface area contributed by atoms with Crippen LogP contribution in [0, 0.1) is 0 Å². The topological polar surface area (TPSA) is 87.2 Å². The molecule has 2 heterocycles. The number of amides is 2. The number of aryl methyl sites for hydroxylation is 1. The molecule has 1 atom stereocenters. The molecule has 1 fully saturated rings. The van der Waals surface area contributed by atoms with Crippen molar-refractivity contribution < 1.29 is 9.59 Å². The Kier molecular flexibility index (Phi) is 4.16. The van der Waals surface area contributed by atoms with Gasteiger partial charge in [-0.2, -0.15) is 0 Å². The molecule has 2 rings (SSSR count). The van der Waals surface area contributed by atoms with Crippen LogP contribution < -0.4 is 10.6 Å². The lowest BCUT2D eigenvalue weighted by Gasteiger charge is -2.13. The second-order valence-corrected chi connectivity index (χ2v) is 4.63. The standard InChI is InChI=1S/C13H19N5O2/c1-4-9-16-10(14-5-2)7-11(17-9)15-8-6-12(19)18(3)13(8)20/h7-8H,4-6H2,1-3H3,(H2,14,15,16,17). The van der Waals surface area contributed by atoms with Gasteiger partial charge < -0.3 is 10.6 Å². The van der Waals surface area contributed by atoms with Gasteiger partial charge in [0.15, 0.2) is 0 Å². The summed E-state index contributed by atoms with van der Waals surface area (Å²) in [5.74, 6) is 1.57. The summed E-state index contributed by atoms with van der Waals surface area (Å²) in [5, 5.41) is 6.14. The Morgan fingerprint density at radius 2 is 2.00 bits per heavy atom. The Balaban J connectivity index is 2.18. The number of nitrogens with zero attached hydrogens (tertiary/aromatic N) is 3. The molecule has 0 aliphatic carbocycles. The summed E-state index contributed by atoms with van der Waals surface area (Å²) in [6.07, 6.45) is 0.864. The van der Waals surface area contributed by atoms with E-state index < -0.39 is 6.04 Å². The average molecular weight is 277 g/mol. The van der Waals surface area contributed by atoms with E-state index in [4.69, 9.17) is 0 Å². The SMILES string of the molecule is CCNc1cc(NC2CC(=O)N(C)C2=O)nc(CC)n1. The highest BCUT2D eigenvalue weighted by molar-refractivity contribution is 6.06. The van der Waals surface area contributed by atoms with Gasteiger partial charge in [0.25, 0.3) is 5.91 Å². The first-order valence-corrected chi connectivity index (χ1v) is 6.73. The van der Waals surface area contributed by atoms with Gasteiger partial charge in [-0.1, -0.05) is 6.92 Å². The van der Waals surface area contributed by atoms with Crippen LogP contribution in [-0.4, -0.2) is 46.3 Å². The van der Waals surface area contributed by atoms with Gasteiger partial charge in [0, 0.05) is 26.1 Å². The number of rotatable bonds is 5. The lowest BCUT2D eigenvalue weighted by atomic mass is 10.2. The number of likely N-dealkylation sites (N-methyl/N-ethyl adjacent to an activating group) is 1. The number of aromatic nitrogens is 2. The molecule has 0 spiro atoms. The summed E-state index contributed by atoms with van der Waals surface area (Å²) in [5.41, 5.74) is 0. The van der Waals surface area contributed by atoms with Crippen molar-refractivity contribution in [1.82, 2.24) is 14.9 Å². The number of imide groups is 1. The van der Waals surface area contributed by atoms with Crippen molar-refractivity contribution in [2.24, 2.45) is 0 Å². The average Bonchev–Trinajstić information content (AvgIpc) is 2.66. The Bertz CT molecular complexity index is 531. The molecule has 2 amide bonds. The molecule has 0 aromatic carbocycles. The van der Waals surface area contributed by atoms with E-state index in [0.29, 0.717) is 23.9 Å². The van der Waals surface area contributed by atoms with Gasteiger partial charge in [-0.3, -0.25) is 14.5 Å². The largest absolute Gasteiger partial charge is 0.370 e. The first kappa shape index (κ1) is 14.2. The molecule has 0 bridgehead atoms. The predicted octanol–water partition coefficient (Wildman–Crippen LogP) is 0.640. The third kappa shape index (κ3) is 2.87. The van der Waals surface area contributed by atoms with Crippen LogP contribution >= 0.6 is 0 Å². The van der Waals surface area contributed by atoms with Crippen molar-refractivity contribution in [3.05, 3.63) is 11.9 Å². The second kappa shape index (κ2) is 5.85. The molecule has 20 heavy (non-hydrogen) atoms. The molecule has 0 saturated carbocycles. The second-order valence-electron chi connectivity index (χ2n) is 4.63. The summed E-state index contributed by atoms with van der Waals surface area (Å²) >= 11 is 0. The van der Waals surface area contributed by atoms with Crippen molar-refractivity contribution in [2.75, 3.05) is 24.2 Å². The fourth-order valence-corrected chi connectivity index (χ4v) is 2.05. The number of carbonyl (C=O) groups is 2. The molecule has 1 aliphatic rings. The van der Waals surface area contributed by atoms with Crippen LogP contribution in [0.1, 0.15) is 26.1 Å². The van der Waals surface area contributed by atoms with E-state index in [9.17, 15) is 9.59 Å². The molecular formula is C13H19N5O2. The molecule has 1 aromatic rings. The number of nitrogens with one attached hydrogen (secondary N) is 2. The van der Waals surface area contributed by atoms with Crippen LogP contribution in [0.3, 0.4) is 0 Å². The maximum Gasteiger partial charge on any atom is 0.251 e. The monoisotopic (exact) mass is 277 g/mol. The molecule has 1 unspecified atom stereocenters. The van der Waals surface area contributed by atoms with E-state index in [-0.39, 0.29) is 18.2 Å². The third-order valence-electron chi connectivity index (χ3n) is 3.15. The number of hydrogen-bond donors (Lipinski definition) is 2. The van der Waals surface area contributed by atoms with Gasteiger partial charge in [-0.25, -0.2) is 9.97 Å². The minimum atomic E-state index is -0.540. The lowest BCUT2D eigenvalue weighted by molar-refractivity contribution is -0.136. The summed E-state index contributed by atoms with van der Waals surface area (Å²) in [6, 6.07) is 1.21. The maximum atomic E-state index is 11.9. The Morgan fingerprint density at radius 1 is 1.30 bits per heavy atom. The maximum absolute atomic E-state index is 11.9.